The van der Waals surface area contributed by atoms with Gasteiger partial charge in [-0.05, 0) is 18.4 Å². The zero-order chi connectivity index (χ0) is 14.3. The third kappa shape index (κ3) is 5.09. The summed E-state index contributed by atoms with van der Waals surface area (Å²) in [4.78, 5) is 22.8. The van der Waals surface area contributed by atoms with Crippen molar-refractivity contribution in [1.82, 2.24) is 5.32 Å². The molecule has 0 aliphatic carbocycles. The molecule has 0 aliphatic rings. The van der Waals surface area contributed by atoms with E-state index < -0.39 is 24.0 Å². The number of amides is 1. The predicted octanol–water partition coefficient (Wildman–Crippen LogP) is 0.926. The fourth-order valence-corrected chi connectivity index (χ4v) is 1.79. The van der Waals surface area contributed by atoms with Crippen molar-refractivity contribution < 1.29 is 14.7 Å². The van der Waals surface area contributed by atoms with E-state index >= 15 is 0 Å². The summed E-state index contributed by atoms with van der Waals surface area (Å²) in [6, 6.07) is 7.80. The number of rotatable bonds is 7. The van der Waals surface area contributed by atoms with Gasteiger partial charge in [0.15, 0.2) is 0 Å². The first-order valence-electron chi connectivity index (χ1n) is 6.37. The van der Waals surface area contributed by atoms with Crippen LogP contribution in [-0.2, 0) is 16.0 Å². The van der Waals surface area contributed by atoms with Crippen molar-refractivity contribution in [3.63, 3.8) is 0 Å². The number of carboxylic acids is 1. The van der Waals surface area contributed by atoms with Crippen molar-refractivity contribution in [3.05, 3.63) is 35.9 Å². The van der Waals surface area contributed by atoms with Crippen molar-refractivity contribution >= 4 is 11.9 Å². The maximum atomic E-state index is 11.8. The van der Waals surface area contributed by atoms with Gasteiger partial charge in [0.05, 0.1) is 6.04 Å². The molecule has 0 aromatic heterocycles. The van der Waals surface area contributed by atoms with Gasteiger partial charge in [0, 0.05) is 0 Å². The first kappa shape index (κ1) is 15.2. The lowest BCUT2D eigenvalue weighted by molar-refractivity contribution is -0.142. The molecular weight excluding hydrogens is 244 g/mol. The molecule has 1 amide bonds. The molecule has 1 unspecified atom stereocenters. The number of carbonyl (C=O) groups excluding carboxylic acids is 1. The Morgan fingerprint density at radius 1 is 1.32 bits per heavy atom. The van der Waals surface area contributed by atoms with Gasteiger partial charge in [0.2, 0.25) is 5.91 Å². The summed E-state index contributed by atoms with van der Waals surface area (Å²) in [5.74, 6) is -1.45. The van der Waals surface area contributed by atoms with Gasteiger partial charge in [-0.2, -0.15) is 0 Å². The molecular formula is C14H20N2O3. The van der Waals surface area contributed by atoms with Crippen LogP contribution in [0.1, 0.15) is 25.3 Å². The quantitative estimate of drug-likeness (QED) is 0.683. The average molecular weight is 264 g/mol. The molecule has 1 rings (SSSR count). The molecule has 1 aromatic rings. The van der Waals surface area contributed by atoms with E-state index in [9.17, 15) is 9.59 Å². The molecule has 2 atom stereocenters. The highest BCUT2D eigenvalue weighted by atomic mass is 16.4. The molecule has 0 saturated carbocycles. The van der Waals surface area contributed by atoms with E-state index in [2.05, 4.69) is 5.32 Å². The van der Waals surface area contributed by atoms with Gasteiger partial charge in [0.1, 0.15) is 6.04 Å². The number of aliphatic carboxylic acids is 1. The number of hydrogen-bond acceptors (Lipinski definition) is 3. The first-order valence-corrected chi connectivity index (χ1v) is 6.37. The summed E-state index contributed by atoms with van der Waals surface area (Å²) in [6.45, 7) is 1.87. The highest BCUT2D eigenvalue weighted by Crippen LogP contribution is 2.03. The molecule has 104 valence electrons. The van der Waals surface area contributed by atoms with Gasteiger partial charge < -0.3 is 16.2 Å². The van der Waals surface area contributed by atoms with E-state index in [4.69, 9.17) is 10.8 Å². The zero-order valence-electron chi connectivity index (χ0n) is 11.0. The second kappa shape index (κ2) is 7.53. The Bertz CT molecular complexity index is 420. The molecule has 0 aliphatic heterocycles. The Labute approximate surface area is 112 Å². The Morgan fingerprint density at radius 3 is 2.47 bits per heavy atom. The van der Waals surface area contributed by atoms with Gasteiger partial charge in [-0.25, -0.2) is 4.79 Å². The standard InChI is InChI=1S/C14H20N2O3/c1-2-6-12(14(18)19)16-13(17)11(15)9-10-7-4-3-5-8-10/h3-5,7-8,11-12H,2,6,9,15H2,1H3,(H,16,17)(H,18,19)/t11?,12-/m1/s1. The maximum Gasteiger partial charge on any atom is 0.326 e. The SMILES string of the molecule is CCC[C@@H](NC(=O)C(N)Cc1ccccc1)C(=O)O. The van der Waals surface area contributed by atoms with Gasteiger partial charge in [-0.1, -0.05) is 43.7 Å². The van der Waals surface area contributed by atoms with Crippen molar-refractivity contribution in [2.45, 2.75) is 38.3 Å². The van der Waals surface area contributed by atoms with Crippen LogP contribution in [0.3, 0.4) is 0 Å². The highest BCUT2D eigenvalue weighted by Gasteiger charge is 2.22. The molecule has 5 heteroatoms. The third-order valence-corrected chi connectivity index (χ3v) is 2.83. The van der Waals surface area contributed by atoms with Gasteiger partial charge in [-0.15, -0.1) is 0 Å². The van der Waals surface area contributed by atoms with Crippen LogP contribution in [-0.4, -0.2) is 29.1 Å². The van der Waals surface area contributed by atoms with Crippen LogP contribution in [0.15, 0.2) is 30.3 Å². The summed E-state index contributed by atoms with van der Waals surface area (Å²) in [6.07, 6.45) is 1.48. The lowest BCUT2D eigenvalue weighted by Crippen LogP contribution is -2.49. The molecule has 0 radical (unpaired) electrons. The number of nitrogens with one attached hydrogen (secondary N) is 1. The monoisotopic (exact) mass is 264 g/mol. The second-order valence-corrected chi connectivity index (χ2v) is 4.48. The molecule has 1 aromatic carbocycles. The maximum absolute atomic E-state index is 11.8. The number of carbonyl (C=O) groups is 2. The van der Waals surface area contributed by atoms with Crippen molar-refractivity contribution in [3.8, 4) is 0 Å². The van der Waals surface area contributed by atoms with E-state index in [1.807, 2.05) is 37.3 Å². The summed E-state index contributed by atoms with van der Waals surface area (Å²) in [5.41, 5.74) is 6.74. The number of nitrogens with two attached hydrogens (primary N) is 1. The number of hydrogen-bond donors (Lipinski definition) is 3. The smallest absolute Gasteiger partial charge is 0.326 e. The van der Waals surface area contributed by atoms with Gasteiger partial charge >= 0.3 is 5.97 Å². The summed E-state index contributed by atoms with van der Waals surface area (Å²) >= 11 is 0. The summed E-state index contributed by atoms with van der Waals surface area (Å²) in [5, 5.41) is 11.4. The Kier molecular flexibility index (Phi) is 6.02. The van der Waals surface area contributed by atoms with Crippen LogP contribution >= 0.6 is 0 Å². The average Bonchev–Trinajstić information content (AvgIpc) is 2.39. The van der Waals surface area contributed by atoms with Crippen LogP contribution in [0.25, 0.3) is 0 Å². The summed E-state index contributed by atoms with van der Waals surface area (Å²) < 4.78 is 0. The minimum atomic E-state index is -1.03. The normalized spacial score (nSPS) is 13.6. The molecule has 5 nitrogen and oxygen atoms in total. The number of benzene rings is 1. The molecule has 19 heavy (non-hydrogen) atoms. The lowest BCUT2D eigenvalue weighted by atomic mass is 10.1. The van der Waals surface area contributed by atoms with E-state index in [1.165, 1.54) is 0 Å². The Hall–Kier alpha value is -1.88. The topological polar surface area (TPSA) is 92.4 Å². The van der Waals surface area contributed by atoms with Crippen molar-refractivity contribution in [2.75, 3.05) is 0 Å². The van der Waals surface area contributed by atoms with E-state index in [0.29, 0.717) is 19.3 Å². The van der Waals surface area contributed by atoms with Crippen LogP contribution in [0.4, 0.5) is 0 Å². The van der Waals surface area contributed by atoms with Crippen LogP contribution in [0.2, 0.25) is 0 Å². The second-order valence-electron chi connectivity index (χ2n) is 4.48. The zero-order valence-corrected chi connectivity index (χ0v) is 11.0. The predicted molar refractivity (Wildman–Crippen MR) is 72.6 cm³/mol. The van der Waals surface area contributed by atoms with Crippen LogP contribution in [0.5, 0.6) is 0 Å². The van der Waals surface area contributed by atoms with E-state index in [0.717, 1.165) is 5.56 Å². The van der Waals surface area contributed by atoms with Gasteiger partial charge in [0.25, 0.3) is 0 Å². The highest BCUT2D eigenvalue weighted by molar-refractivity contribution is 5.86. The lowest BCUT2D eigenvalue weighted by Gasteiger charge is -2.17. The van der Waals surface area contributed by atoms with Crippen molar-refractivity contribution in [1.29, 1.82) is 0 Å². The van der Waals surface area contributed by atoms with Gasteiger partial charge in [-0.3, -0.25) is 4.79 Å². The largest absolute Gasteiger partial charge is 0.480 e. The molecule has 4 N–H and O–H groups in total. The third-order valence-electron chi connectivity index (χ3n) is 2.83. The molecule has 0 spiro atoms. The minimum absolute atomic E-state index is 0.394. The Balaban J connectivity index is 2.54. The van der Waals surface area contributed by atoms with Crippen LogP contribution < -0.4 is 11.1 Å². The van der Waals surface area contributed by atoms with E-state index in [1.54, 1.807) is 0 Å². The molecule has 0 heterocycles. The van der Waals surface area contributed by atoms with Crippen molar-refractivity contribution in [2.24, 2.45) is 5.73 Å². The fourth-order valence-electron chi connectivity index (χ4n) is 1.79. The molecule has 0 bridgehead atoms. The fraction of sp³-hybridized carbons (Fsp3) is 0.429. The first-order chi connectivity index (χ1) is 9.04. The minimum Gasteiger partial charge on any atom is -0.480 e. The summed E-state index contributed by atoms with van der Waals surface area (Å²) in [7, 11) is 0. The Morgan fingerprint density at radius 2 is 1.95 bits per heavy atom. The molecule has 0 fully saturated rings. The van der Waals surface area contributed by atoms with Crippen LogP contribution in [0, 0.1) is 0 Å². The molecule has 0 saturated heterocycles. The van der Waals surface area contributed by atoms with E-state index in [-0.39, 0.29) is 0 Å². The number of carboxylic acid groups (broad SMARTS) is 1.